The summed E-state index contributed by atoms with van der Waals surface area (Å²) in [5.74, 6) is 1.47. The van der Waals surface area contributed by atoms with E-state index in [0.29, 0.717) is 37.5 Å². The minimum absolute atomic E-state index is 0.0586. The number of carbonyl (C=O) groups excluding carboxylic acids is 2. The molecule has 3 unspecified atom stereocenters. The predicted molar refractivity (Wildman–Crippen MR) is 126 cm³/mol. The van der Waals surface area contributed by atoms with Crippen molar-refractivity contribution in [3.05, 3.63) is 70.8 Å². The van der Waals surface area contributed by atoms with Gasteiger partial charge in [-0.25, -0.2) is 4.39 Å². The molecular weight excluding hydrogens is 435 g/mol. The molecule has 0 aromatic rings. The van der Waals surface area contributed by atoms with Gasteiger partial charge < -0.3 is 19.7 Å². The van der Waals surface area contributed by atoms with Crippen LogP contribution in [0.4, 0.5) is 4.39 Å². The molecule has 3 atom stereocenters. The molecule has 1 fully saturated rings. The first-order valence-corrected chi connectivity index (χ1v) is 11.6. The maximum atomic E-state index is 14.9. The number of allylic oxidation sites excluding steroid dienone is 6. The fraction of sp³-hybridized carbons (Fsp3) is 0.407. The summed E-state index contributed by atoms with van der Waals surface area (Å²) in [5.41, 5.74) is 2.10. The molecule has 1 aliphatic heterocycles. The number of nitrogens with one attached hydrogen (secondary N) is 1. The first-order valence-electron chi connectivity index (χ1n) is 11.6. The van der Waals surface area contributed by atoms with E-state index in [2.05, 4.69) is 24.2 Å². The molecule has 4 aliphatic rings. The van der Waals surface area contributed by atoms with Crippen LogP contribution in [0.15, 0.2) is 70.8 Å². The normalized spacial score (nSPS) is 24.2. The van der Waals surface area contributed by atoms with Crippen molar-refractivity contribution in [2.24, 2.45) is 5.92 Å². The van der Waals surface area contributed by atoms with Gasteiger partial charge in [-0.3, -0.25) is 9.59 Å². The Hall–Kier alpha value is -3.37. The van der Waals surface area contributed by atoms with E-state index in [4.69, 9.17) is 15.9 Å². The monoisotopic (exact) mass is 464 g/mol. The van der Waals surface area contributed by atoms with Crippen molar-refractivity contribution in [3.8, 4) is 12.3 Å². The summed E-state index contributed by atoms with van der Waals surface area (Å²) in [6, 6.07) is -1.15. The Bertz CT molecular complexity index is 1070. The third-order valence-electron chi connectivity index (χ3n) is 6.55. The molecule has 0 aromatic carbocycles. The van der Waals surface area contributed by atoms with Crippen LogP contribution in [0.25, 0.3) is 0 Å². The lowest BCUT2D eigenvalue weighted by molar-refractivity contribution is -0.134. The van der Waals surface area contributed by atoms with Crippen molar-refractivity contribution in [2.75, 3.05) is 19.9 Å². The Morgan fingerprint density at radius 2 is 2.21 bits per heavy atom. The van der Waals surface area contributed by atoms with Gasteiger partial charge in [-0.15, -0.1) is 6.42 Å². The van der Waals surface area contributed by atoms with E-state index in [-0.39, 0.29) is 25.0 Å². The van der Waals surface area contributed by atoms with Crippen LogP contribution in [0.2, 0.25) is 0 Å². The van der Waals surface area contributed by atoms with Gasteiger partial charge in [-0.1, -0.05) is 37.3 Å². The van der Waals surface area contributed by atoms with E-state index >= 15 is 0 Å². The largest absolute Gasteiger partial charge is 0.469 e. The van der Waals surface area contributed by atoms with E-state index in [1.54, 1.807) is 12.2 Å². The van der Waals surface area contributed by atoms with E-state index < -0.39 is 23.7 Å². The van der Waals surface area contributed by atoms with Crippen LogP contribution in [0.1, 0.15) is 32.6 Å². The average Bonchev–Trinajstić information content (AvgIpc) is 3.31. The van der Waals surface area contributed by atoms with E-state index in [1.807, 2.05) is 18.2 Å². The molecule has 2 amide bonds. The summed E-state index contributed by atoms with van der Waals surface area (Å²) in [4.78, 5) is 27.7. The first kappa shape index (κ1) is 23.8. The topological polar surface area (TPSA) is 67.9 Å². The molecule has 7 heteroatoms. The van der Waals surface area contributed by atoms with Gasteiger partial charge in [0, 0.05) is 13.1 Å². The molecule has 1 saturated heterocycles. The minimum Gasteiger partial charge on any atom is -0.469 e. The van der Waals surface area contributed by atoms with E-state index in [1.165, 1.54) is 11.0 Å². The van der Waals surface area contributed by atoms with Gasteiger partial charge in [-0.05, 0) is 66.4 Å². The Balaban J connectivity index is 1.61. The summed E-state index contributed by atoms with van der Waals surface area (Å²) >= 11 is 0. The Morgan fingerprint density at radius 3 is 2.97 bits per heavy atom. The Kier molecular flexibility index (Phi) is 7.49. The minimum atomic E-state index is -1.15. The van der Waals surface area contributed by atoms with E-state index in [9.17, 15) is 14.0 Å². The highest BCUT2D eigenvalue weighted by atomic mass is 19.1. The van der Waals surface area contributed by atoms with Crippen molar-refractivity contribution in [1.29, 1.82) is 0 Å². The zero-order valence-electron chi connectivity index (χ0n) is 19.3. The van der Waals surface area contributed by atoms with Crippen LogP contribution < -0.4 is 5.32 Å². The number of amides is 2. The number of rotatable bonds is 7. The molecule has 6 nitrogen and oxygen atoms in total. The second kappa shape index (κ2) is 10.7. The molecule has 1 N–H and O–H groups in total. The van der Waals surface area contributed by atoms with Gasteiger partial charge in [-0.2, -0.15) is 0 Å². The second-order valence-corrected chi connectivity index (χ2v) is 8.80. The van der Waals surface area contributed by atoms with Crippen LogP contribution in [0, 0.1) is 18.3 Å². The highest BCUT2D eigenvalue weighted by Gasteiger charge is 2.36. The number of fused-ring (bicyclic) bond motifs is 1. The molecule has 0 saturated carbocycles. The van der Waals surface area contributed by atoms with Gasteiger partial charge in [0.15, 0.2) is 6.79 Å². The van der Waals surface area contributed by atoms with E-state index in [0.717, 1.165) is 17.6 Å². The van der Waals surface area contributed by atoms with Crippen molar-refractivity contribution in [3.63, 3.8) is 0 Å². The van der Waals surface area contributed by atoms with Gasteiger partial charge in [0.2, 0.25) is 5.91 Å². The number of ether oxygens (including phenoxy) is 2. The quantitative estimate of drug-likeness (QED) is 0.585. The van der Waals surface area contributed by atoms with Crippen LogP contribution in [0.5, 0.6) is 0 Å². The van der Waals surface area contributed by atoms with Crippen molar-refractivity contribution in [1.82, 2.24) is 10.2 Å². The van der Waals surface area contributed by atoms with Gasteiger partial charge >= 0.3 is 0 Å². The van der Waals surface area contributed by atoms with Crippen LogP contribution in [0.3, 0.4) is 0 Å². The summed E-state index contributed by atoms with van der Waals surface area (Å²) in [5, 5.41) is 2.93. The third-order valence-corrected chi connectivity index (χ3v) is 6.55. The zero-order chi connectivity index (χ0) is 24.1. The number of hydrogen-bond donors (Lipinski definition) is 1. The molecule has 34 heavy (non-hydrogen) atoms. The van der Waals surface area contributed by atoms with Crippen molar-refractivity contribution < 1.29 is 23.5 Å². The van der Waals surface area contributed by atoms with Gasteiger partial charge in [0.05, 0.1) is 0 Å². The summed E-state index contributed by atoms with van der Waals surface area (Å²) in [7, 11) is 0. The average molecular weight is 465 g/mol. The van der Waals surface area contributed by atoms with Crippen molar-refractivity contribution >= 4 is 11.8 Å². The molecule has 1 heterocycles. The highest BCUT2D eigenvalue weighted by molar-refractivity contribution is 5.98. The lowest BCUT2D eigenvalue weighted by Gasteiger charge is -2.33. The molecule has 0 spiro atoms. The first-order chi connectivity index (χ1) is 16.5. The smallest absolute Gasteiger partial charge is 0.299 e. The molecule has 4 rings (SSSR count). The number of nitrogens with zero attached hydrogens (tertiary/aromatic N) is 1. The molecule has 0 aromatic heterocycles. The number of terminal acetylenes is 1. The maximum Gasteiger partial charge on any atom is 0.299 e. The SMILES string of the molecule is C#CC(=O)N(CC1=CCC2OCOC2=C1)C(C(=O)NCC1=CC=CCC1C)C1=C(F)C=CCC1. The standard InChI is InChI=1S/C27H29FN2O4/c1-3-25(31)30(16-19-12-13-23-24(14-19)34-17-33-23)26(21-10-6-7-11-22(21)28)27(32)29-15-20-9-5-4-8-18(20)2/h1,4-5,7,9,11-12,14,18,23,26H,6,8,10,13,15-17H2,2H3,(H,29,32). The molecule has 178 valence electrons. The second-order valence-electron chi connectivity index (χ2n) is 8.80. The Labute approximate surface area is 199 Å². The fourth-order valence-electron chi connectivity index (χ4n) is 4.56. The summed E-state index contributed by atoms with van der Waals surface area (Å²) in [6.07, 6.45) is 20.6. The molecular formula is C27H29FN2O4. The fourth-order valence-corrected chi connectivity index (χ4v) is 4.56. The number of hydrogen-bond acceptors (Lipinski definition) is 4. The summed E-state index contributed by atoms with van der Waals surface area (Å²) < 4.78 is 25.9. The molecule has 0 radical (unpaired) electrons. The molecule has 0 bridgehead atoms. The third kappa shape index (κ3) is 5.23. The molecule has 3 aliphatic carbocycles. The van der Waals surface area contributed by atoms with Gasteiger partial charge in [0.1, 0.15) is 23.7 Å². The van der Waals surface area contributed by atoms with Gasteiger partial charge in [0.25, 0.3) is 5.91 Å². The maximum absolute atomic E-state index is 14.9. The van der Waals surface area contributed by atoms with Crippen LogP contribution in [-0.4, -0.2) is 48.7 Å². The van der Waals surface area contributed by atoms with Crippen LogP contribution >= 0.6 is 0 Å². The predicted octanol–water partition coefficient (Wildman–Crippen LogP) is 3.62. The van der Waals surface area contributed by atoms with Crippen molar-refractivity contribution in [2.45, 2.75) is 44.8 Å². The lowest BCUT2D eigenvalue weighted by atomic mass is 9.92. The highest BCUT2D eigenvalue weighted by Crippen LogP contribution is 2.30. The van der Waals surface area contributed by atoms with Crippen LogP contribution in [-0.2, 0) is 19.1 Å². The number of halogens is 1. The zero-order valence-corrected chi connectivity index (χ0v) is 19.3. The Morgan fingerprint density at radius 1 is 1.35 bits per heavy atom. The summed E-state index contributed by atoms with van der Waals surface area (Å²) in [6.45, 7) is 2.65. The number of carbonyl (C=O) groups is 2. The lowest BCUT2D eigenvalue weighted by Crippen LogP contribution is -2.51.